The molecule has 0 unspecified atom stereocenters. The Morgan fingerprint density at radius 3 is 1.83 bits per heavy atom. The lowest BCUT2D eigenvalue weighted by atomic mass is 9.96. The van der Waals surface area contributed by atoms with Gasteiger partial charge in [0.25, 0.3) is 0 Å². The number of benzene rings is 3. The first-order valence-electron chi connectivity index (χ1n) is 15.1. The van der Waals surface area contributed by atoms with Gasteiger partial charge in [0.15, 0.2) is 6.61 Å². The standard InChI is InChI=1S/C40H36N2O3S/c1-5-44-40(43)29-45-39-23-22-37(28-30(39)2)46-27-24-38(33-16-10-31(11-17-33)14-20-35-8-6-25-41(35)3)34-18-12-32(13-19-34)15-21-36-9-7-26-42(36)4/h6-13,16-19,22-26,28H,5,27,29H2,1-4H3. The van der Waals surface area contributed by atoms with E-state index in [4.69, 9.17) is 9.47 Å². The number of aromatic nitrogens is 2. The zero-order chi connectivity index (χ0) is 32.3. The first kappa shape index (κ1) is 32.1. The van der Waals surface area contributed by atoms with Crippen molar-refractivity contribution in [3.05, 3.63) is 149 Å². The Labute approximate surface area is 275 Å². The largest absolute Gasteiger partial charge is 0.482 e. The number of nitrogens with zero attached hydrogens (tertiary/aromatic N) is 2. The number of hydrogen-bond acceptors (Lipinski definition) is 4. The molecular weight excluding hydrogens is 589 g/mol. The molecule has 0 N–H and O–H groups in total. The van der Waals surface area contributed by atoms with E-state index in [0.29, 0.717) is 12.4 Å². The molecule has 2 heterocycles. The maximum absolute atomic E-state index is 11.7. The molecular formula is C40H36N2O3S. The molecule has 6 heteroatoms. The molecule has 0 amide bonds. The summed E-state index contributed by atoms with van der Waals surface area (Å²) in [5, 5.41) is 0. The lowest BCUT2D eigenvalue weighted by Gasteiger charge is -2.11. The van der Waals surface area contributed by atoms with Crippen LogP contribution >= 0.6 is 11.8 Å². The van der Waals surface area contributed by atoms with Crippen LogP contribution in [-0.2, 0) is 23.6 Å². The Bertz CT molecular complexity index is 1850. The lowest BCUT2D eigenvalue weighted by molar-refractivity contribution is -0.145. The third-order valence-corrected chi connectivity index (χ3v) is 8.20. The fourth-order valence-corrected chi connectivity index (χ4v) is 5.62. The van der Waals surface area contributed by atoms with E-state index < -0.39 is 0 Å². The van der Waals surface area contributed by atoms with Gasteiger partial charge in [0.2, 0.25) is 0 Å². The number of carbonyl (C=O) groups excluding carboxylic acids is 1. The lowest BCUT2D eigenvalue weighted by Crippen LogP contribution is -2.14. The Kier molecular flexibility index (Phi) is 10.9. The van der Waals surface area contributed by atoms with Crippen molar-refractivity contribution in [2.75, 3.05) is 19.0 Å². The summed E-state index contributed by atoms with van der Waals surface area (Å²) in [5.41, 5.74) is 8.23. The van der Waals surface area contributed by atoms with Gasteiger partial charge in [-0.15, -0.1) is 11.8 Å². The molecule has 0 spiro atoms. The van der Waals surface area contributed by atoms with Crippen LogP contribution in [0.15, 0.2) is 114 Å². The number of carbonyl (C=O) groups is 1. The van der Waals surface area contributed by atoms with Crippen LogP contribution in [0.4, 0.5) is 0 Å². The van der Waals surface area contributed by atoms with Crippen LogP contribution in [0, 0.1) is 30.6 Å². The van der Waals surface area contributed by atoms with Gasteiger partial charge in [-0.1, -0.05) is 42.2 Å². The second-order valence-corrected chi connectivity index (χ2v) is 11.7. The predicted octanol–water partition coefficient (Wildman–Crippen LogP) is 7.64. The van der Waals surface area contributed by atoms with E-state index >= 15 is 0 Å². The third kappa shape index (κ3) is 8.66. The first-order chi connectivity index (χ1) is 22.4. The third-order valence-electron chi connectivity index (χ3n) is 7.28. The zero-order valence-electron chi connectivity index (χ0n) is 26.5. The van der Waals surface area contributed by atoms with Crippen LogP contribution < -0.4 is 4.74 Å². The van der Waals surface area contributed by atoms with Gasteiger partial charge in [0, 0.05) is 48.3 Å². The monoisotopic (exact) mass is 624 g/mol. The Morgan fingerprint density at radius 2 is 1.35 bits per heavy atom. The van der Waals surface area contributed by atoms with E-state index in [-0.39, 0.29) is 12.6 Å². The highest BCUT2D eigenvalue weighted by Gasteiger charge is 2.09. The molecule has 0 saturated heterocycles. The molecule has 46 heavy (non-hydrogen) atoms. The first-order valence-corrected chi connectivity index (χ1v) is 16.1. The van der Waals surface area contributed by atoms with Gasteiger partial charge in [-0.05, 0) is 115 Å². The summed E-state index contributed by atoms with van der Waals surface area (Å²) < 4.78 is 14.6. The van der Waals surface area contributed by atoms with Crippen molar-refractivity contribution < 1.29 is 14.3 Å². The minimum atomic E-state index is -0.370. The topological polar surface area (TPSA) is 45.4 Å². The summed E-state index contributed by atoms with van der Waals surface area (Å²) >= 11 is 1.74. The minimum absolute atomic E-state index is 0.0970. The van der Waals surface area contributed by atoms with Crippen molar-refractivity contribution >= 4 is 23.3 Å². The highest BCUT2D eigenvalue weighted by molar-refractivity contribution is 7.99. The van der Waals surface area contributed by atoms with E-state index in [1.807, 2.05) is 78.9 Å². The molecule has 0 aliphatic rings. The van der Waals surface area contributed by atoms with Crippen LogP contribution in [-0.4, -0.2) is 34.1 Å². The zero-order valence-corrected chi connectivity index (χ0v) is 27.4. The van der Waals surface area contributed by atoms with Gasteiger partial charge in [-0.3, -0.25) is 0 Å². The van der Waals surface area contributed by atoms with E-state index in [1.165, 1.54) is 0 Å². The number of hydrogen-bond donors (Lipinski definition) is 0. The van der Waals surface area contributed by atoms with Crippen molar-refractivity contribution in [2.24, 2.45) is 14.1 Å². The second kappa shape index (κ2) is 15.6. The van der Waals surface area contributed by atoms with Gasteiger partial charge < -0.3 is 18.6 Å². The Hall–Kier alpha value is -5.30. The minimum Gasteiger partial charge on any atom is -0.482 e. The van der Waals surface area contributed by atoms with Crippen LogP contribution in [0.5, 0.6) is 5.75 Å². The molecule has 0 fully saturated rings. The molecule has 5 nitrogen and oxygen atoms in total. The summed E-state index contributed by atoms with van der Waals surface area (Å²) in [6.07, 6.45) is 6.26. The van der Waals surface area contributed by atoms with E-state index in [0.717, 1.165) is 55.4 Å². The SMILES string of the molecule is CCOC(=O)COc1ccc(SCC=C(c2ccc(C#Cc3cccn3C)cc2)c2ccc(C#Cc3cccn3C)cc2)cc1C. The molecule has 230 valence electrons. The van der Waals surface area contributed by atoms with E-state index in [2.05, 4.69) is 84.4 Å². The summed E-state index contributed by atoms with van der Waals surface area (Å²) in [6.45, 7) is 4.00. The van der Waals surface area contributed by atoms with Gasteiger partial charge in [0.05, 0.1) is 18.0 Å². The average molecular weight is 625 g/mol. The Morgan fingerprint density at radius 1 is 0.783 bits per heavy atom. The number of thioether (sulfide) groups is 1. The predicted molar refractivity (Wildman–Crippen MR) is 187 cm³/mol. The molecule has 3 aromatic carbocycles. The molecule has 5 rings (SSSR count). The molecule has 0 saturated carbocycles. The van der Waals surface area contributed by atoms with Crippen molar-refractivity contribution in [1.82, 2.24) is 9.13 Å². The molecule has 5 aromatic rings. The van der Waals surface area contributed by atoms with Crippen LogP contribution in [0.2, 0.25) is 0 Å². The highest BCUT2D eigenvalue weighted by atomic mass is 32.2. The van der Waals surface area contributed by atoms with Gasteiger partial charge in [-0.2, -0.15) is 0 Å². The van der Waals surface area contributed by atoms with Crippen LogP contribution in [0.25, 0.3) is 5.57 Å². The maximum Gasteiger partial charge on any atom is 0.344 e. The Balaban J connectivity index is 1.35. The molecule has 0 bridgehead atoms. The maximum atomic E-state index is 11.7. The number of rotatable bonds is 9. The van der Waals surface area contributed by atoms with Gasteiger partial charge >= 0.3 is 5.97 Å². The highest BCUT2D eigenvalue weighted by Crippen LogP contribution is 2.29. The fourth-order valence-electron chi connectivity index (χ4n) is 4.76. The fraction of sp³-hybridized carbons (Fsp3) is 0.175. The van der Waals surface area contributed by atoms with Gasteiger partial charge in [0.1, 0.15) is 5.75 Å². The molecule has 0 radical (unpaired) electrons. The van der Waals surface area contributed by atoms with Crippen molar-refractivity contribution in [3.8, 4) is 29.4 Å². The number of aryl methyl sites for hydroxylation is 3. The smallest absolute Gasteiger partial charge is 0.344 e. The van der Waals surface area contributed by atoms with Crippen molar-refractivity contribution in [2.45, 2.75) is 18.7 Å². The quantitative estimate of drug-likeness (QED) is 0.0961. The van der Waals surface area contributed by atoms with Gasteiger partial charge in [-0.25, -0.2) is 4.79 Å². The van der Waals surface area contributed by atoms with Crippen LogP contribution in [0.3, 0.4) is 0 Å². The summed E-state index contributed by atoms with van der Waals surface area (Å²) in [5.74, 6) is 14.1. The molecule has 0 atom stereocenters. The van der Waals surface area contributed by atoms with Crippen molar-refractivity contribution in [3.63, 3.8) is 0 Å². The molecule has 0 aliphatic carbocycles. The number of esters is 1. The summed E-state index contributed by atoms with van der Waals surface area (Å²) in [6, 6.07) is 30.9. The molecule has 0 aliphatic heterocycles. The van der Waals surface area contributed by atoms with Crippen LogP contribution in [0.1, 0.15) is 46.1 Å². The van der Waals surface area contributed by atoms with E-state index in [1.54, 1.807) is 18.7 Å². The van der Waals surface area contributed by atoms with Crippen molar-refractivity contribution in [1.29, 1.82) is 0 Å². The normalized spacial score (nSPS) is 10.3. The summed E-state index contributed by atoms with van der Waals surface area (Å²) in [7, 11) is 3.99. The number of ether oxygens (including phenoxy) is 2. The molecule has 2 aromatic heterocycles. The summed E-state index contributed by atoms with van der Waals surface area (Å²) in [4.78, 5) is 12.8. The second-order valence-electron chi connectivity index (χ2n) is 10.6. The average Bonchev–Trinajstić information content (AvgIpc) is 3.68. The van der Waals surface area contributed by atoms with E-state index in [9.17, 15) is 4.79 Å².